The molecular weight excluding hydrogens is 474 g/mol. The molecule has 5 nitrogen and oxygen atoms in total. The van der Waals surface area contributed by atoms with Gasteiger partial charge in [0, 0.05) is 15.6 Å². The molecule has 170 valence electrons. The van der Waals surface area contributed by atoms with Gasteiger partial charge < -0.3 is 5.32 Å². The van der Waals surface area contributed by atoms with Gasteiger partial charge in [-0.1, -0.05) is 48.8 Å². The van der Waals surface area contributed by atoms with Crippen LogP contribution in [0.2, 0.25) is 5.02 Å². The Bertz CT molecular complexity index is 1380. The number of aromatic nitrogens is 2. The molecular formula is C25H24ClN3O2S2. The maximum atomic E-state index is 13.6. The Morgan fingerprint density at radius 1 is 1.18 bits per heavy atom. The summed E-state index contributed by atoms with van der Waals surface area (Å²) in [4.78, 5) is 33.0. The number of aryl methyl sites for hydroxylation is 3. The number of hydrogen-bond acceptors (Lipinski definition) is 5. The lowest BCUT2D eigenvalue weighted by Gasteiger charge is -2.12. The zero-order valence-corrected chi connectivity index (χ0v) is 21.0. The molecule has 2 aromatic carbocycles. The van der Waals surface area contributed by atoms with Gasteiger partial charge in [-0.15, -0.1) is 11.3 Å². The Hall–Kier alpha value is -2.61. The first kappa shape index (κ1) is 23.5. The number of halogens is 1. The molecule has 0 atom stereocenters. The minimum absolute atomic E-state index is 0.125. The Kier molecular flexibility index (Phi) is 7.22. The SMILES string of the molecule is CCCc1sc2nc(SCC(=O)Nc3cccc(C)c3)n(-c3ccc(Cl)cc3)c(=O)c2c1C. The van der Waals surface area contributed by atoms with Crippen LogP contribution in [0.25, 0.3) is 15.9 Å². The van der Waals surface area contributed by atoms with Crippen molar-refractivity contribution >= 4 is 56.5 Å². The van der Waals surface area contributed by atoms with Gasteiger partial charge in [-0.25, -0.2) is 4.98 Å². The smallest absolute Gasteiger partial charge is 0.267 e. The van der Waals surface area contributed by atoms with Crippen molar-refractivity contribution in [1.29, 1.82) is 0 Å². The van der Waals surface area contributed by atoms with Crippen LogP contribution in [0.5, 0.6) is 0 Å². The number of nitrogens with one attached hydrogen (secondary N) is 1. The number of carbonyl (C=O) groups excluding carboxylic acids is 1. The van der Waals surface area contributed by atoms with Crippen LogP contribution in [0.4, 0.5) is 5.69 Å². The van der Waals surface area contributed by atoms with Crippen LogP contribution in [0.15, 0.2) is 58.5 Å². The third-order valence-electron chi connectivity index (χ3n) is 5.23. The van der Waals surface area contributed by atoms with E-state index in [9.17, 15) is 9.59 Å². The van der Waals surface area contributed by atoms with Gasteiger partial charge in [0.1, 0.15) is 4.83 Å². The molecule has 0 bridgehead atoms. The zero-order valence-electron chi connectivity index (χ0n) is 18.6. The number of fused-ring (bicyclic) bond motifs is 1. The average molecular weight is 498 g/mol. The van der Waals surface area contributed by atoms with E-state index >= 15 is 0 Å². The number of benzene rings is 2. The van der Waals surface area contributed by atoms with Crippen molar-refractivity contribution in [1.82, 2.24) is 9.55 Å². The fourth-order valence-corrected chi connectivity index (χ4v) is 5.90. The minimum Gasteiger partial charge on any atom is -0.325 e. The quantitative estimate of drug-likeness (QED) is 0.237. The first-order valence-electron chi connectivity index (χ1n) is 10.7. The molecule has 0 saturated carbocycles. The lowest BCUT2D eigenvalue weighted by Crippen LogP contribution is -2.22. The lowest BCUT2D eigenvalue weighted by atomic mass is 10.1. The number of hydrogen-bond donors (Lipinski definition) is 1. The van der Waals surface area contributed by atoms with E-state index in [1.165, 1.54) is 16.6 Å². The van der Waals surface area contributed by atoms with Crippen LogP contribution >= 0.6 is 34.7 Å². The molecule has 33 heavy (non-hydrogen) atoms. The van der Waals surface area contributed by atoms with E-state index in [1.807, 2.05) is 38.1 Å². The minimum atomic E-state index is -0.156. The number of nitrogens with zero attached hydrogens (tertiary/aromatic N) is 2. The molecule has 0 radical (unpaired) electrons. The van der Waals surface area contributed by atoms with Gasteiger partial charge in [-0.3, -0.25) is 14.2 Å². The summed E-state index contributed by atoms with van der Waals surface area (Å²) in [6.45, 7) is 6.09. The molecule has 0 aliphatic carbocycles. The van der Waals surface area contributed by atoms with Crippen LogP contribution in [-0.4, -0.2) is 21.2 Å². The monoisotopic (exact) mass is 497 g/mol. The van der Waals surface area contributed by atoms with Crippen molar-refractivity contribution in [2.75, 3.05) is 11.1 Å². The lowest BCUT2D eigenvalue weighted by molar-refractivity contribution is -0.113. The molecule has 0 fully saturated rings. The molecule has 2 heterocycles. The fraction of sp³-hybridized carbons (Fsp3) is 0.240. The molecule has 0 unspecified atom stereocenters. The Balaban J connectivity index is 1.72. The predicted molar refractivity (Wildman–Crippen MR) is 139 cm³/mol. The largest absolute Gasteiger partial charge is 0.325 e. The first-order chi connectivity index (χ1) is 15.9. The molecule has 0 spiro atoms. The Morgan fingerprint density at radius 2 is 1.94 bits per heavy atom. The molecule has 0 aliphatic heterocycles. The van der Waals surface area contributed by atoms with Crippen LogP contribution in [0.3, 0.4) is 0 Å². The standard InChI is InChI=1S/C25H24ClN3O2S2/c1-4-6-20-16(3)22-23(33-20)28-25(29(24(22)31)19-11-9-17(26)10-12-19)32-14-21(30)27-18-8-5-7-15(2)13-18/h5,7-13H,4,6,14H2,1-3H3,(H,27,30). The van der Waals surface area contributed by atoms with Crippen LogP contribution in [0.1, 0.15) is 29.3 Å². The summed E-state index contributed by atoms with van der Waals surface area (Å²) in [5, 5.41) is 4.63. The first-order valence-corrected chi connectivity index (χ1v) is 12.9. The van der Waals surface area contributed by atoms with Gasteiger partial charge in [-0.05, 0) is 67.8 Å². The van der Waals surface area contributed by atoms with E-state index in [-0.39, 0.29) is 17.2 Å². The highest BCUT2D eigenvalue weighted by molar-refractivity contribution is 7.99. The summed E-state index contributed by atoms with van der Waals surface area (Å²) in [6.07, 6.45) is 1.91. The summed E-state index contributed by atoms with van der Waals surface area (Å²) in [5.74, 6) is -0.0253. The molecule has 1 N–H and O–H groups in total. The average Bonchev–Trinajstić information content (AvgIpc) is 3.09. The second-order valence-corrected chi connectivity index (χ2v) is 10.3. The van der Waals surface area contributed by atoms with Crippen LogP contribution in [-0.2, 0) is 11.2 Å². The molecule has 4 aromatic rings. The van der Waals surface area contributed by atoms with Crippen molar-refractivity contribution in [3.8, 4) is 5.69 Å². The molecule has 0 saturated heterocycles. The number of rotatable bonds is 7. The predicted octanol–water partition coefficient (Wildman–Crippen LogP) is 6.40. The maximum Gasteiger partial charge on any atom is 0.267 e. The number of carbonyl (C=O) groups is 1. The number of thiophene rings is 1. The van der Waals surface area contributed by atoms with E-state index in [0.717, 1.165) is 29.7 Å². The fourth-order valence-electron chi connectivity index (χ4n) is 3.64. The summed E-state index contributed by atoms with van der Waals surface area (Å²) < 4.78 is 1.58. The highest BCUT2D eigenvalue weighted by Gasteiger charge is 2.20. The Morgan fingerprint density at radius 3 is 2.64 bits per heavy atom. The third kappa shape index (κ3) is 5.16. The van der Waals surface area contributed by atoms with Gasteiger partial charge in [0.25, 0.3) is 5.56 Å². The van der Waals surface area contributed by atoms with Gasteiger partial charge in [0.15, 0.2) is 5.16 Å². The van der Waals surface area contributed by atoms with E-state index in [2.05, 4.69) is 12.2 Å². The summed E-state index contributed by atoms with van der Waals surface area (Å²) in [7, 11) is 0. The highest BCUT2D eigenvalue weighted by Crippen LogP contribution is 2.31. The van der Waals surface area contributed by atoms with Crippen molar-refractivity contribution in [3.05, 3.63) is 79.9 Å². The topological polar surface area (TPSA) is 64.0 Å². The van der Waals surface area contributed by atoms with Crippen LogP contribution in [0, 0.1) is 13.8 Å². The summed E-state index contributed by atoms with van der Waals surface area (Å²) in [5.41, 5.74) is 3.35. The molecule has 0 aliphatic rings. The van der Waals surface area contributed by atoms with Gasteiger partial charge in [0.2, 0.25) is 5.91 Å². The molecule has 8 heteroatoms. The summed E-state index contributed by atoms with van der Waals surface area (Å²) in [6, 6.07) is 14.7. The summed E-state index contributed by atoms with van der Waals surface area (Å²) >= 11 is 8.88. The van der Waals surface area contributed by atoms with Crippen molar-refractivity contribution in [2.24, 2.45) is 0 Å². The van der Waals surface area contributed by atoms with Gasteiger partial charge in [-0.2, -0.15) is 0 Å². The van der Waals surface area contributed by atoms with Crippen molar-refractivity contribution < 1.29 is 4.79 Å². The molecule has 2 aromatic heterocycles. The molecule has 1 amide bonds. The van der Waals surface area contributed by atoms with Gasteiger partial charge in [0.05, 0.1) is 16.8 Å². The Labute approximate surface area is 205 Å². The van der Waals surface area contributed by atoms with E-state index in [0.29, 0.717) is 26.1 Å². The molecule has 4 rings (SSSR count). The second-order valence-electron chi connectivity index (χ2n) is 7.80. The van der Waals surface area contributed by atoms with E-state index < -0.39 is 0 Å². The van der Waals surface area contributed by atoms with E-state index in [1.54, 1.807) is 40.2 Å². The van der Waals surface area contributed by atoms with E-state index in [4.69, 9.17) is 16.6 Å². The van der Waals surface area contributed by atoms with Crippen LogP contribution < -0.4 is 10.9 Å². The van der Waals surface area contributed by atoms with Crippen molar-refractivity contribution in [3.63, 3.8) is 0 Å². The highest BCUT2D eigenvalue weighted by atomic mass is 35.5. The second kappa shape index (κ2) is 10.1. The van der Waals surface area contributed by atoms with Crippen molar-refractivity contribution in [2.45, 2.75) is 38.8 Å². The van der Waals surface area contributed by atoms with Gasteiger partial charge >= 0.3 is 0 Å². The number of anilines is 1. The number of amides is 1. The normalized spacial score (nSPS) is 11.2. The zero-order chi connectivity index (χ0) is 23.5. The maximum absolute atomic E-state index is 13.6. The third-order valence-corrected chi connectivity index (χ3v) is 7.66. The number of thioether (sulfide) groups is 1.